The zero-order valence-electron chi connectivity index (χ0n) is 6.81. The molecule has 1 aliphatic heterocycles. The minimum atomic E-state index is -0.861. The summed E-state index contributed by atoms with van der Waals surface area (Å²) in [6.45, 7) is 0. The van der Waals surface area contributed by atoms with Crippen LogP contribution in [0.15, 0.2) is 34.9 Å². The van der Waals surface area contributed by atoms with Crippen molar-refractivity contribution in [3.05, 3.63) is 34.9 Å². The molecule has 13 heavy (non-hydrogen) atoms. The van der Waals surface area contributed by atoms with E-state index in [4.69, 9.17) is 10.8 Å². The number of carbonyl (C=O) groups is 1. The van der Waals surface area contributed by atoms with E-state index in [1.54, 1.807) is 6.08 Å². The summed E-state index contributed by atoms with van der Waals surface area (Å²) in [7, 11) is 0. The van der Waals surface area contributed by atoms with Crippen LogP contribution in [0.3, 0.4) is 0 Å². The monoisotopic (exact) mass is 195 g/mol. The van der Waals surface area contributed by atoms with Gasteiger partial charge in [-0.25, -0.2) is 4.79 Å². The molecule has 0 aromatic carbocycles. The molecule has 4 heteroatoms. The van der Waals surface area contributed by atoms with Crippen molar-refractivity contribution >= 4 is 17.7 Å². The van der Waals surface area contributed by atoms with E-state index in [2.05, 4.69) is 0 Å². The lowest BCUT2D eigenvalue weighted by Crippen LogP contribution is -2.20. The second-order valence-corrected chi connectivity index (χ2v) is 4.19. The van der Waals surface area contributed by atoms with Crippen LogP contribution in [0, 0.1) is 5.92 Å². The highest BCUT2D eigenvalue weighted by atomic mass is 32.2. The summed E-state index contributed by atoms with van der Waals surface area (Å²) in [5, 5.41) is 8.87. The zero-order valence-corrected chi connectivity index (χ0v) is 7.62. The Kier molecular flexibility index (Phi) is 1.92. The van der Waals surface area contributed by atoms with E-state index in [9.17, 15) is 4.79 Å². The lowest BCUT2D eigenvalue weighted by Gasteiger charge is -2.18. The van der Waals surface area contributed by atoms with E-state index >= 15 is 0 Å². The summed E-state index contributed by atoms with van der Waals surface area (Å²) in [5.74, 6) is -0.707. The molecule has 0 radical (unpaired) electrons. The van der Waals surface area contributed by atoms with Gasteiger partial charge in [0.25, 0.3) is 0 Å². The van der Waals surface area contributed by atoms with Crippen molar-refractivity contribution in [2.24, 2.45) is 11.7 Å². The molecule has 1 heterocycles. The lowest BCUT2D eigenvalue weighted by molar-refractivity contribution is -0.131. The Morgan fingerprint density at radius 3 is 3.00 bits per heavy atom. The van der Waals surface area contributed by atoms with Crippen molar-refractivity contribution in [1.29, 1.82) is 0 Å². The fourth-order valence-electron chi connectivity index (χ4n) is 1.48. The Morgan fingerprint density at radius 2 is 2.38 bits per heavy atom. The fraction of sp³-hybridized carbons (Fsp3) is 0.222. The molecule has 2 atom stereocenters. The number of carboxylic acid groups (broad SMARTS) is 1. The third-order valence-corrected chi connectivity index (χ3v) is 3.51. The maximum atomic E-state index is 10.7. The molecule has 0 aromatic heterocycles. The van der Waals surface area contributed by atoms with Crippen molar-refractivity contribution < 1.29 is 9.90 Å². The molecule has 68 valence electrons. The second kappa shape index (κ2) is 2.96. The average Bonchev–Trinajstić information content (AvgIpc) is 2.49. The number of fused-ring (bicyclic) bond motifs is 1. The summed E-state index contributed by atoms with van der Waals surface area (Å²) in [6.07, 6.45) is 7.43. The van der Waals surface area contributed by atoms with E-state index in [-0.39, 0.29) is 11.2 Å². The molecule has 0 fully saturated rings. The van der Waals surface area contributed by atoms with Crippen LogP contribution >= 0.6 is 11.8 Å². The zero-order chi connectivity index (χ0) is 9.42. The van der Waals surface area contributed by atoms with Gasteiger partial charge in [0.05, 0.1) is 10.2 Å². The largest absolute Gasteiger partial charge is 0.477 e. The van der Waals surface area contributed by atoms with Gasteiger partial charge in [0, 0.05) is 11.6 Å². The summed E-state index contributed by atoms with van der Waals surface area (Å²) in [5.41, 5.74) is 6.50. The summed E-state index contributed by atoms with van der Waals surface area (Å²) >= 11 is 1.33. The van der Waals surface area contributed by atoms with Crippen molar-refractivity contribution in [2.75, 3.05) is 0 Å². The Hall–Kier alpha value is -1.16. The van der Waals surface area contributed by atoms with E-state index in [0.29, 0.717) is 4.91 Å². The molecule has 2 unspecified atom stereocenters. The van der Waals surface area contributed by atoms with Crippen LogP contribution in [0.25, 0.3) is 0 Å². The van der Waals surface area contributed by atoms with Crippen LogP contribution in [0.2, 0.25) is 0 Å². The molecular weight excluding hydrogens is 186 g/mol. The van der Waals surface area contributed by atoms with Gasteiger partial charge in [-0.05, 0) is 6.08 Å². The van der Waals surface area contributed by atoms with Gasteiger partial charge < -0.3 is 10.8 Å². The van der Waals surface area contributed by atoms with Gasteiger partial charge in [-0.15, -0.1) is 11.8 Å². The minimum Gasteiger partial charge on any atom is -0.477 e. The normalized spacial score (nSPS) is 30.8. The van der Waals surface area contributed by atoms with Gasteiger partial charge in [0.1, 0.15) is 0 Å². The van der Waals surface area contributed by atoms with Crippen molar-refractivity contribution in [3.63, 3.8) is 0 Å². The number of rotatable bonds is 1. The number of thioether (sulfide) groups is 1. The predicted molar refractivity (Wildman–Crippen MR) is 52.0 cm³/mol. The van der Waals surface area contributed by atoms with Crippen LogP contribution in [0.5, 0.6) is 0 Å². The molecule has 0 aromatic rings. The molecular formula is C9H9NO2S. The van der Waals surface area contributed by atoms with Crippen LogP contribution in [-0.2, 0) is 4.79 Å². The Bertz CT molecular complexity index is 344. The average molecular weight is 195 g/mol. The first-order valence-corrected chi connectivity index (χ1v) is 4.82. The SMILES string of the molecule is NC1=CC=CC2C=C(C(=O)O)SC12. The van der Waals surface area contributed by atoms with E-state index in [0.717, 1.165) is 5.70 Å². The van der Waals surface area contributed by atoms with Gasteiger partial charge in [-0.2, -0.15) is 0 Å². The number of carboxylic acids is 1. The Labute approximate surface area is 80.0 Å². The summed E-state index contributed by atoms with van der Waals surface area (Å²) < 4.78 is 0. The van der Waals surface area contributed by atoms with E-state index in [1.807, 2.05) is 18.2 Å². The Balaban J connectivity index is 2.25. The fourth-order valence-corrected chi connectivity index (χ4v) is 2.63. The molecule has 3 nitrogen and oxygen atoms in total. The molecule has 3 N–H and O–H groups in total. The third kappa shape index (κ3) is 1.37. The smallest absolute Gasteiger partial charge is 0.341 e. The van der Waals surface area contributed by atoms with Gasteiger partial charge in [-0.3, -0.25) is 0 Å². The molecule has 2 aliphatic rings. The number of allylic oxidation sites excluding steroid dienone is 4. The van der Waals surface area contributed by atoms with Crippen molar-refractivity contribution in [1.82, 2.24) is 0 Å². The lowest BCUT2D eigenvalue weighted by atomic mass is 9.98. The molecule has 2 rings (SSSR count). The topological polar surface area (TPSA) is 63.3 Å². The maximum absolute atomic E-state index is 10.7. The quantitative estimate of drug-likeness (QED) is 0.657. The van der Waals surface area contributed by atoms with Crippen molar-refractivity contribution in [2.45, 2.75) is 5.25 Å². The van der Waals surface area contributed by atoms with E-state index < -0.39 is 5.97 Å². The maximum Gasteiger partial charge on any atom is 0.341 e. The van der Waals surface area contributed by atoms with E-state index in [1.165, 1.54) is 11.8 Å². The number of nitrogens with two attached hydrogens (primary N) is 1. The molecule has 1 aliphatic carbocycles. The van der Waals surface area contributed by atoms with Gasteiger partial charge in [0.15, 0.2) is 0 Å². The predicted octanol–water partition coefficient (Wildman–Crippen LogP) is 1.10. The molecule has 0 saturated heterocycles. The highest BCUT2D eigenvalue weighted by Crippen LogP contribution is 2.41. The minimum absolute atomic E-state index is 0.0936. The first-order valence-electron chi connectivity index (χ1n) is 3.94. The third-order valence-electron chi connectivity index (χ3n) is 2.11. The van der Waals surface area contributed by atoms with Gasteiger partial charge in [0.2, 0.25) is 0 Å². The van der Waals surface area contributed by atoms with Crippen molar-refractivity contribution in [3.8, 4) is 0 Å². The first kappa shape index (κ1) is 8.44. The van der Waals surface area contributed by atoms with Crippen LogP contribution in [-0.4, -0.2) is 16.3 Å². The molecule has 0 bridgehead atoms. The first-order chi connectivity index (χ1) is 6.18. The van der Waals surface area contributed by atoms with Gasteiger partial charge in [-0.1, -0.05) is 18.2 Å². The highest BCUT2D eigenvalue weighted by molar-refractivity contribution is 8.05. The second-order valence-electron chi connectivity index (χ2n) is 3.00. The van der Waals surface area contributed by atoms with Gasteiger partial charge >= 0.3 is 5.97 Å². The number of hydrogen-bond donors (Lipinski definition) is 2. The highest BCUT2D eigenvalue weighted by Gasteiger charge is 2.32. The summed E-state index contributed by atoms with van der Waals surface area (Å²) in [4.78, 5) is 11.1. The van der Waals surface area contributed by atoms with Crippen LogP contribution < -0.4 is 5.73 Å². The molecule has 0 amide bonds. The van der Waals surface area contributed by atoms with Crippen LogP contribution in [0.1, 0.15) is 0 Å². The summed E-state index contributed by atoms with van der Waals surface area (Å²) in [6, 6.07) is 0. The number of hydrogen-bond acceptors (Lipinski definition) is 3. The number of aliphatic carboxylic acids is 1. The molecule has 0 saturated carbocycles. The van der Waals surface area contributed by atoms with Crippen LogP contribution in [0.4, 0.5) is 0 Å². The standard InChI is InChI=1S/C9H9NO2S/c10-6-3-1-2-5-4-7(9(11)12)13-8(5)6/h1-5,8H,10H2,(H,11,12). The Morgan fingerprint density at radius 1 is 1.62 bits per heavy atom. The molecule has 0 spiro atoms.